The van der Waals surface area contributed by atoms with Crippen molar-refractivity contribution >= 4 is 27.7 Å². The highest BCUT2D eigenvalue weighted by Gasteiger charge is 2.32. The van der Waals surface area contributed by atoms with Gasteiger partial charge in [0.2, 0.25) is 5.95 Å². The molecule has 0 spiro atoms. The Morgan fingerprint density at radius 2 is 1.91 bits per heavy atom. The van der Waals surface area contributed by atoms with Crippen molar-refractivity contribution in [1.29, 1.82) is 5.26 Å². The van der Waals surface area contributed by atoms with Crippen molar-refractivity contribution in [3.8, 4) is 23.1 Å². The number of nitrogens with zero attached hydrogens (tertiary/aromatic N) is 3. The van der Waals surface area contributed by atoms with Gasteiger partial charge >= 0.3 is 6.36 Å². The maximum Gasteiger partial charge on any atom is 0.573 e. The fourth-order valence-corrected chi connectivity index (χ4v) is 2.00. The van der Waals surface area contributed by atoms with Gasteiger partial charge in [0.1, 0.15) is 23.2 Å². The van der Waals surface area contributed by atoms with E-state index in [-0.39, 0.29) is 33.1 Å². The summed E-state index contributed by atoms with van der Waals surface area (Å²) in [6.45, 7) is 0. The standard InChI is InChI=1S/C12H7BrF3N5O/c13-7-2-1-5(3-8(7)22-12(14,15)16)9-6(4-17)10(18)21-11(19)20-9/h1-3H,(H4,18,19,20,21). The summed E-state index contributed by atoms with van der Waals surface area (Å²) in [6.07, 6.45) is -4.86. The third-order valence-corrected chi connectivity index (χ3v) is 3.15. The molecule has 22 heavy (non-hydrogen) atoms. The normalized spacial score (nSPS) is 11.0. The fraction of sp³-hybridized carbons (Fsp3) is 0.0833. The minimum absolute atomic E-state index is 0.0204. The molecule has 0 unspecified atom stereocenters. The molecule has 2 aromatic rings. The summed E-state index contributed by atoms with van der Waals surface area (Å²) in [6, 6.07) is 5.63. The van der Waals surface area contributed by atoms with E-state index in [0.29, 0.717) is 0 Å². The predicted octanol–water partition coefficient (Wildman–Crippen LogP) is 2.84. The summed E-state index contributed by atoms with van der Waals surface area (Å²) in [5.74, 6) is -0.844. The third kappa shape index (κ3) is 3.37. The lowest BCUT2D eigenvalue weighted by Crippen LogP contribution is -2.17. The maximum atomic E-state index is 12.4. The molecular weight excluding hydrogens is 367 g/mol. The number of aromatic nitrogens is 2. The summed E-state index contributed by atoms with van der Waals surface area (Å²) >= 11 is 2.95. The van der Waals surface area contributed by atoms with Crippen LogP contribution in [-0.4, -0.2) is 16.3 Å². The largest absolute Gasteiger partial charge is 0.573 e. The second kappa shape index (κ2) is 5.69. The highest BCUT2D eigenvalue weighted by Crippen LogP contribution is 2.35. The highest BCUT2D eigenvalue weighted by molar-refractivity contribution is 9.10. The first kappa shape index (κ1) is 15.8. The Bertz CT molecular complexity index is 773. The molecule has 10 heteroatoms. The number of anilines is 2. The molecule has 1 aromatic carbocycles. The number of halogens is 4. The van der Waals surface area contributed by atoms with Gasteiger partial charge in [-0.3, -0.25) is 0 Å². The average Bonchev–Trinajstić information content (AvgIpc) is 2.39. The number of hydrogen-bond acceptors (Lipinski definition) is 6. The molecule has 1 heterocycles. The summed E-state index contributed by atoms with van der Waals surface area (Å²) in [5.41, 5.74) is 11.1. The van der Waals surface area contributed by atoms with Crippen LogP contribution in [0.25, 0.3) is 11.3 Å². The van der Waals surface area contributed by atoms with Crippen LogP contribution in [-0.2, 0) is 0 Å². The molecule has 114 valence electrons. The molecule has 2 rings (SSSR count). The Labute approximate surface area is 130 Å². The number of nitrogen functional groups attached to an aromatic ring is 2. The number of alkyl halides is 3. The number of nitrogens with two attached hydrogens (primary N) is 2. The van der Waals surface area contributed by atoms with Crippen molar-refractivity contribution in [2.75, 3.05) is 11.5 Å². The van der Waals surface area contributed by atoms with Crippen LogP contribution in [0.1, 0.15) is 5.56 Å². The third-order valence-electron chi connectivity index (χ3n) is 2.50. The number of hydrogen-bond donors (Lipinski definition) is 2. The summed E-state index contributed by atoms with van der Waals surface area (Å²) in [5, 5.41) is 9.09. The zero-order valence-electron chi connectivity index (χ0n) is 10.6. The number of rotatable bonds is 2. The van der Waals surface area contributed by atoms with Gasteiger partial charge in [-0.1, -0.05) is 6.07 Å². The molecule has 0 aliphatic carbocycles. The number of nitriles is 1. The molecule has 1 aromatic heterocycles. The van der Waals surface area contributed by atoms with Crippen molar-refractivity contribution < 1.29 is 17.9 Å². The quantitative estimate of drug-likeness (QED) is 0.836. The van der Waals surface area contributed by atoms with Crippen molar-refractivity contribution in [3.05, 3.63) is 28.2 Å². The van der Waals surface area contributed by atoms with Crippen LogP contribution < -0.4 is 16.2 Å². The van der Waals surface area contributed by atoms with Gasteiger partial charge in [-0.05, 0) is 28.1 Å². The van der Waals surface area contributed by atoms with E-state index in [1.165, 1.54) is 12.1 Å². The monoisotopic (exact) mass is 373 g/mol. The van der Waals surface area contributed by atoms with E-state index in [1.807, 2.05) is 0 Å². The van der Waals surface area contributed by atoms with Gasteiger partial charge in [0.15, 0.2) is 0 Å². The number of benzene rings is 1. The predicted molar refractivity (Wildman–Crippen MR) is 75.4 cm³/mol. The van der Waals surface area contributed by atoms with Crippen LogP contribution in [0.5, 0.6) is 5.75 Å². The molecule has 0 atom stereocenters. The molecule has 4 N–H and O–H groups in total. The zero-order valence-corrected chi connectivity index (χ0v) is 12.2. The van der Waals surface area contributed by atoms with Gasteiger partial charge in [0.25, 0.3) is 0 Å². The Morgan fingerprint density at radius 1 is 1.23 bits per heavy atom. The summed E-state index contributed by atoms with van der Waals surface area (Å²) in [4.78, 5) is 7.49. The van der Waals surface area contributed by atoms with Crippen LogP contribution in [0.4, 0.5) is 24.9 Å². The summed E-state index contributed by atoms with van der Waals surface area (Å²) in [7, 11) is 0. The topological polar surface area (TPSA) is 111 Å². The van der Waals surface area contributed by atoms with E-state index in [4.69, 9.17) is 16.7 Å². The summed E-state index contributed by atoms with van der Waals surface area (Å²) < 4.78 is 41.1. The number of ether oxygens (including phenoxy) is 1. The molecule has 0 radical (unpaired) electrons. The van der Waals surface area contributed by atoms with Crippen molar-refractivity contribution in [2.24, 2.45) is 0 Å². The molecule has 0 saturated heterocycles. The maximum absolute atomic E-state index is 12.4. The molecule has 0 aliphatic heterocycles. The van der Waals surface area contributed by atoms with E-state index < -0.39 is 12.1 Å². The van der Waals surface area contributed by atoms with Gasteiger partial charge in [-0.2, -0.15) is 10.2 Å². The van der Waals surface area contributed by atoms with Gasteiger partial charge in [0.05, 0.1) is 10.2 Å². The van der Waals surface area contributed by atoms with Crippen LogP contribution in [0, 0.1) is 11.3 Å². The molecule has 6 nitrogen and oxygen atoms in total. The molecule has 0 saturated carbocycles. The van der Waals surface area contributed by atoms with Crippen LogP contribution in [0.15, 0.2) is 22.7 Å². The Morgan fingerprint density at radius 3 is 2.50 bits per heavy atom. The Balaban J connectivity index is 2.60. The van der Waals surface area contributed by atoms with Gasteiger partial charge in [-0.15, -0.1) is 13.2 Å². The van der Waals surface area contributed by atoms with Crippen molar-refractivity contribution in [2.45, 2.75) is 6.36 Å². The van der Waals surface area contributed by atoms with Gasteiger partial charge in [-0.25, -0.2) is 4.98 Å². The van der Waals surface area contributed by atoms with Crippen LogP contribution in [0.2, 0.25) is 0 Å². The van der Waals surface area contributed by atoms with E-state index in [1.54, 1.807) is 6.07 Å². The average molecular weight is 374 g/mol. The first-order valence-corrected chi connectivity index (χ1v) is 6.39. The zero-order chi connectivity index (χ0) is 16.5. The second-order valence-corrected chi connectivity index (χ2v) is 4.85. The van der Waals surface area contributed by atoms with E-state index in [9.17, 15) is 13.2 Å². The van der Waals surface area contributed by atoms with E-state index in [2.05, 4.69) is 30.6 Å². The minimum atomic E-state index is -4.86. The Kier molecular flexibility index (Phi) is 4.09. The molecular formula is C12H7BrF3N5O. The lowest BCUT2D eigenvalue weighted by molar-refractivity contribution is -0.274. The smallest absolute Gasteiger partial charge is 0.405 e. The lowest BCUT2D eigenvalue weighted by Gasteiger charge is -2.12. The minimum Gasteiger partial charge on any atom is -0.405 e. The molecule has 0 bridgehead atoms. The first-order chi connectivity index (χ1) is 10.2. The molecule has 0 fully saturated rings. The van der Waals surface area contributed by atoms with Crippen molar-refractivity contribution in [3.63, 3.8) is 0 Å². The van der Waals surface area contributed by atoms with E-state index >= 15 is 0 Å². The fourth-order valence-electron chi connectivity index (χ4n) is 1.67. The first-order valence-electron chi connectivity index (χ1n) is 5.60. The Hall–Kier alpha value is -2.54. The van der Waals surface area contributed by atoms with Crippen LogP contribution in [0.3, 0.4) is 0 Å². The second-order valence-electron chi connectivity index (χ2n) is 4.00. The van der Waals surface area contributed by atoms with E-state index in [0.717, 1.165) is 6.07 Å². The van der Waals surface area contributed by atoms with Crippen molar-refractivity contribution in [1.82, 2.24) is 9.97 Å². The van der Waals surface area contributed by atoms with Gasteiger partial charge in [0, 0.05) is 5.56 Å². The SMILES string of the molecule is N#Cc1c(N)nc(N)nc1-c1ccc(Br)c(OC(F)(F)F)c1. The molecule has 0 aliphatic rings. The van der Waals surface area contributed by atoms with Crippen LogP contribution >= 0.6 is 15.9 Å². The molecule has 0 amide bonds. The van der Waals surface area contributed by atoms with Gasteiger partial charge < -0.3 is 16.2 Å². The highest BCUT2D eigenvalue weighted by atomic mass is 79.9. The lowest BCUT2D eigenvalue weighted by atomic mass is 10.1.